The number of likely N-dealkylation sites (tertiary alicyclic amines) is 1. The largest absolute Gasteiger partial charge is 0.325 e. The minimum absolute atomic E-state index is 0.237. The molecule has 6 heteroatoms. The van der Waals surface area contributed by atoms with E-state index in [-0.39, 0.29) is 11.9 Å². The number of nitrogens with one attached hydrogen (secondary N) is 1. The van der Waals surface area contributed by atoms with Gasteiger partial charge in [-0.2, -0.15) is 0 Å². The van der Waals surface area contributed by atoms with Crippen molar-refractivity contribution >= 4 is 11.9 Å². The van der Waals surface area contributed by atoms with Crippen LogP contribution in [0.15, 0.2) is 85.2 Å². The molecule has 2 aromatic carbocycles. The molecule has 0 radical (unpaired) electrons. The number of rotatable bonds is 7. The second kappa shape index (κ2) is 9.77. The van der Waals surface area contributed by atoms with Gasteiger partial charge in [0.15, 0.2) is 5.54 Å². The maximum absolute atomic E-state index is 13.7. The van der Waals surface area contributed by atoms with Crippen LogP contribution < -0.4 is 5.32 Å². The Balaban J connectivity index is 1.23. The van der Waals surface area contributed by atoms with Gasteiger partial charge in [0, 0.05) is 24.5 Å². The third-order valence-electron chi connectivity index (χ3n) is 7.12. The number of aromatic nitrogens is 1. The number of imide groups is 1. The van der Waals surface area contributed by atoms with Crippen molar-refractivity contribution in [1.29, 1.82) is 0 Å². The summed E-state index contributed by atoms with van der Waals surface area (Å²) in [6.45, 7) is 3.37. The lowest BCUT2D eigenvalue weighted by Gasteiger charge is -2.32. The van der Waals surface area contributed by atoms with Crippen LogP contribution in [0.2, 0.25) is 0 Å². The molecule has 1 N–H and O–H groups in total. The molecule has 6 nitrogen and oxygen atoms in total. The van der Waals surface area contributed by atoms with Crippen LogP contribution in [0.25, 0.3) is 0 Å². The molecule has 0 aliphatic carbocycles. The maximum Gasteiger partial charge on any atom is 0.325 e. The summed E-state index contributed by atoms with van der Waals surface area (Å²) in [6, 6.07) is 23.5. The second-order valence-corrected chi connectivity index (χ2v) is 9.12. The van der Waals surface area contributed by atoms with Crippen LogP contribution in [0.1, 0.15) is 41.9 Å². The quantitative estimate of drug-likeness (QED) is 0.545. The van der Waals surface area contributed by atoms with Crippen molar-refractivity contribution in [3.8, 4) is 0 Å². The van der Waals surface area contributed by atoms with E-state index in [9.17, 15) is 9.59 Å². The topological polar surface area (TPSA) is 65.5 Å². The maximum atomic E-state index is 13.7. The molecule has 1 aromatic heterocycles. The van der Waals surface area contributed by atoms with Gasteiger partial charge in [-0.05, 0) is 62.0 Å². The number of nitrogens with zero attached hydrogens (tertiary/aromatic N) is 3. The van der Waals surface area contributed by atoms with Crippen LogP contribution in [-0.4, -0.2) is 52.9 Å². The minimum Gasteiger partial charge on any atom is -0.315 e. The Labute approximate surface area is 200 Å². The zero-order valence-corrected chi connectivity index (χ0v) is 19.3. The van der Waals surface area contributed by atoms with E-state index in [1.165, 1.54) is 10.5 Å². The van der Waals surface area contributed by atoms with Gasteiger partial charge < -0.3 is 10.2 Å². The molecule has 1 atom stereocenters. The number of carbonyl (C=O) groups is 2. The average molecular weight is 455 g/mol. The number of pyridine rings is 1. The Morgan fingerprint density at radius 1 is 0.853 bits per heavy atom. The summed E-state index contributed by atoms with van der Waals surface area (Å²) in [5, 5.41) is 3.00. The van der Waals surface area contributed by atoms with Crippen LogP contribution in [0, 0.1) is 0 Å². The van der Waals surface area contributed by atoms with Crippen LogP contribution in [0.4, 0.5) is 4.79 Å². The van der Waals surface area contributed by atoms with E-state index in [0.29, 0.717) is 18.0 Å². The molecule has 3 heterocycles. The first-order chi connectivity index (χ1) is 16.7. The van der Waals surface area contributed by atoms with E-state index in [0.717, 1.165) is 44.5 Å². The van der Waals surface area contributed by atoms with Crippen LogP contribution in [0.3, 0.4) is 0 Å². The number of urea groups is 1. The molecule has 2 saturated heterocycles. The van der Waals surface area contributed by atoms with Crippen molar-refractivity contribution in [2.24, 2.45) is 0 Å². The van der Waals surface area contributed by atoms with Gasteiger partial charge in [0.05, 0.1) is 0 Å². The highest BCUT2D eigenvalue weighted by molar-refractivity contribution is 6.09. The van der Waals surface area contributed by atoms with E-state index in [1.54, 1.807) is 18.5 Å². The average Bonchev–Trinajstić information content (AvgIpc) is 3.16. The molecule has 3 amide bonds. The van der Waals surface area contributed by atoms with Crippen LogP contribution >= 0.6 is 0 Å². The number of piperidine rings is 1. The normalized spacial score (nSPS) is 21.6. The van der Waals surface area contributed by atoms with Gasteiger partial charge in [-0.3, -0.25) is 14.7 Å². The predicted octanol–water partition coefficient (Wildman–Crippen LogP) is 4.15. The lowest BCUT2D eigenvalue weighted by Crippen LogP contribution is -2.45. The van der Waals surface area contributed by atoms with Crippen molar-refractivity contribution in [3.05, 3.63) is 102 Å². The number of hydrogen-bond acceptors (Lipinski definition) is 4. The third-order valence-corrected chi connectivity index (χ3v) is 7.12. The molecular formula is C28H30N4O2. The molecule has 5 rings (SSSR count). The SMILES string of the molecule is O=C1NC(c2ccccc2)(c2cccnc2)C(=O)N1CCCN1CCC(c2ccccc2)CC1. The summed E-state index contributed by atoms with van der Waals surface area (Å²) in [6.07, 6.45) is 6.37. The van der Waals surface area contributed by atoms with Gasteiger partial charge in [0.1, 0.15) is 0 Å². The number of amides is 3. The summed E-state index contributed by atoms with van der Waals surface area (Å²) in [5.41, 5.74) is 1.60. The van der Waals surface area contributed by atoms with Crippen molar-refractivity contribution in [3.63, 3.8) is 0 Å². The fraction of sp³-hybridized carbons (Fsp3) is 0.321. The Hall–Kier alpha value is -3.51. The van der Waals surface area contributed by atoms with Crippen molar-refractivity contribution in [2.45, 2.75) is 30.7 Å². The van der Waals surface area contributed by atoms with E-state index in [4.69, 9.17) is 0 Å². The number of benzene rings is 2. The van der Waals surface area contributed by atoms with Crippen LogP contribution in [-0.2, 0) is 10.3 Å². The molecule has 2 aliphatic rings. The molecule has 2 fully saturated rings. The van der Waals surface area contributed by atoms with E-state index >= 15 is 0 Å². The second-order valence-electron chi connectivity index (χ2n) is 9.12. The smallest absolute Gasteiger partial charge is 0.315 e. The Bertz CT molecular complexity index is 1070. The molecule has 0 bridgehead atoms. The highest BCUT2D eigenvalue weighted by atomic mass is 16.2. The Morgan fingerprint density at radius 2 is 1.53 bits per heavy atom. The lowest BCUT2D eigenvalue weighted by molar-refractivity contribution is -0.130. The summed E-state index contributed by atoms with van der Waals surface area (Å²) in [5.74, 6) is 0.383. The molecule has 0 spiro atoms. The molecule has 3 aromatic rings. The first-order valence-corrected chi connectivity index (χ1v) is 12.1. The molecule has 2 aliphatic heterocycles. The van der Waals surface area contributed by atoms with Crippen LogP contribution in [0.5, 0.6) is 0 Å². The fourth-order valence-electron chi connectivity index (χ4n) is 5.28. The first kappa shape index (κ1) is 22.3. The van der Waals surface area contributed by atoms with Gasteiger partial charge in [0.25, 0.3) is 5.91 Å². The van der Waals surface area contributed by atoms with Gasteiger partial charge in [-0.15, -0.1) is 0 Å². The molecule has 34 heavy (non-hydrogen) atoms. The first-order valence-electron chi connectivity index (χ1n) is 12.1. The molecule has 174 valence electrons. The van der Waals surface area contributed by atoms with E-state index < -0.39 is 5.54 Å². The van der Waals surface area contributed by atoms with Crippen molar-refractivity contribution < 1.29 is 9.59 Å². The van der Waals surface area contributed by atoms with Gasteiger partial charge >= 0.3 is 6.03 Å². The predicted molar refractivity (Wildman–Crippen MR) is 131 cm³/mol. The van der Waals surface area contributed by atoms with Gasteiger partial charge in [0.2, 0.25) is 0 Å². The van der Waals surface area contributed by atoms with E-state index in [1.807, 2.05) is 36.4 Å². The Morgan fingerprint density at radius 3 is 2.21 bits per heavy atom. The third kappa shape index (κ3) is 4.21. The zero-order chi connectivity index (χ0) is 23.4. The fourth-order valence-corrected chi connectivity index (χ4v) is 5.28. The number of hydrogen-bond donors (Lipinski definition) is 1. The molecular weight excluding hydrogens is 424 g/mol. The highest BCUT2D eigenvalue weighted by Gasteiger charge is 2.53. The number of carbonyl (C=O) groups excluding carboxylic acids is 2. The molecule has 1 unspecified atom stereocenters. The highest BCUT2D eigenvalue weighted by Crippen LogP contribution is 2.35. The Kier molecular flexibility index (Phi) is 6.41. The zero-order valence-electron chi connectivity index (χ0n) is 19.3. The summed E-state index contributed by atoms with van der Waals surface area (Å²) in [4.78, 5) is 34.7. The summed E-state index contributed by atoms with van der Waals surface area (Å²) >= 11 is 0. The van der Waals surface area contributed by atoms with Crippen molar-refractivity contribution in [2.75, 3.05) is 26.2 Å². The van der Waals surface area contributed by atoms with Crippen molar-refractivity contribution in [1.82, 2.24) is 20.1 Å². The lowest BCUT2D eigenvalue weighted by atomic mass is 9.83. The standard InChI is InChI=1S/C28H30N4O2/c33-26-28(24-11-5-2-6-12-24,25-13-7-16-29-21-25)30-27(34)32(26)18-8-17-31-19-14-23(15-20-31)22-9-3-1-4-10-22/h1-7,9-13,16,21,23H,8,14-15,17-20H2,(H,30,34). The summed E-state index contributed by atoms with van der Waals surface area (Å²) < 4.78 is 0. The van der Waals surface area contributed by atoms with E-state index in [2.05, 4.69) is 45.5 Å². The molecule has 0 saturated carbocycles. The van der Waals surface area contributed by atoms with Gasteiger partial charge in [-0.1, -0.05) is 66.7 Å². The minimum atomic E-state index is -1.24. The van der Waals surface area contributed by atoms with Gasteiger partial charge in [-0.25, -0.2) is 4.79 Å². The monoisotopic (exact) mass is 454 g/mol. The summed E-state index contributed by atoms with van der Waals surface area (Å²) in [7, 11) is 0.